The smallest absolute Gasteiger partial charge is 0.419 e. The molecule has 0 aliphatic heterocycles. The van der Waals surface area contributed by atoms with Gasteiger partial charge in [0.2, 0.25) is 0 Å². The lowest BCUT2D eigenvalue weighted by Gasteiger charge is -2.20. The van der Waals surface area contributed by atoms with Crippen LogP contribution < -0.4 is 0 Å². The minimum absolute atomic E-state index is 0.422. The fraction of sp³-hybridized carbons (Fsp3) is 0.235. The maximum absolute atomic E-state index is 12.6. The van der Waals surface area contributed by atoms with Gasteiger partial charge in [-0.1, -0.05) is 18.2 Å². The molecule has 3 aromatic rings. The number of hydrogen-bond acceptors (Lipinski definition) is 4. The zero-order valence-corrected chi connectivity index (χ0v) is 12.8. The van der Waals surface area contributed by atoms with Crippen molar-refractivity contribution in [3.8, 4) is 11.4 Å². The van der Waals surface area contributed by atoms with E-state index >= 15 is 0 Å². The fourth-order valence-electron chi connectivity index (χ4n) is 2.28. The molecule has 0 fully saturated rings. The third-order valence-electron chi connectivity index (χ3n) is 3.11. The first-order valence-corrected chi connectivity index (χ1v) is 7.06. The Hall–Kier alpha value is -2.69. The molecule has 22 heavy (non-hydrogen) atoms. The molecule has 0 amide bonds. The molecule has 0 spiro atoms. The van der Waals surface area contributed by atoms with E-state index in [2.05, 4.69) is 9.97 Å². The molecule has 0 unspecified atom stereocenters. The van der Waals surface area contributed by atoms with Gasteiger partial charge >= 0.3 is 6.09 Å². The van der Waals surface area contributed by atoms with E-state index in [1.54, 1.807) is 23.2 Å². The Kier molecular flexibility index (Phi) is 3.41. The maximum Gasteiger partial charge on any atom is 0.419 e. The van der Waals surface area contributed by atoms with E-state index in [9.17, 15) is 4.79 Å². The number of nitrogens with zero attached hydrogens (tertiary/aromatic N) is 3. The first kappa shape index (κ1) is 14.3. The number of carbonyl (C=O) groups is 1. The molecule has 0 N–H and O–H groups in total. The predicted octanol–water partition coefficient (Wildman–Crippen LogP) is 3.88. The van der Waals surface area contributed by atoms with Gasteiger partial charge in [0, 0.05) is 17.8 Å². The van der Waals surface area contributed by atoms with Crippen molar-refractivity contribution in [2.75, 3.05) is 0 Å². The van der Waals surface area contributed by atoms with Crippen LogP contribution in [0.3, 0.4) is 0 Å². The van der Waals surface area contributed by atoms with Gasteiger partial charge in [-0.05, 0) is 32.9 Å². The monoisotopic (exact) mass is 295 g/mol. The van der Waals surface area contributed by atoms with Crippen molar-refractivity contribution in [3.05, 3.63) is 48.9 Å². The van der Waals surface area contributed by atoms with Gasteiger partial charge in [0.05, 0.1) is 17.4 Å². The van der Waals surface area contributed by atoms with Crippen molar-refractivity contribution in [2.45, 2.75) is 26.4 Å². The molecule has 2 aromatic heterocycles. The van der Waals surface area contributed by atoms with E-state index < -0.39 is 11.7 Å². The molecule has 0 atom stereocenters. The highest BCUT2D eigenvalue weighted by molar-refractivity contribution is 5.95. The average molecular weight is 295 g/mol. The van der Waals surface area contributed by atoms with E-state index in [0.717, 1.165) is 10.9 Å². The second-order valence-electron chi connectivity index (χ2n) is 5.99. The number of benzene rings is 1. The topological polar surface area (TPSA) is 57.0 Å². The highest BCUT2D eigenvalue weighted by atomic mass is 16.6. The zero-order valence-electron chi connectivity index (χ0n) is 12.8. The van der Waals surface area contributed by atoms with Crippen molar-refractivity contribution >= 4 is 17.0 Å². The van der Waals surface area contributed by atoms with Crippen molar-refractivity contribution in [3.63, 3.8) is 0 Å². The van der Waals surface area contributed by atoms with Crippen LogP contribution in [0.15, 0.2) is 48.9 Å². The number of carbonyl (C=O) groups excluding carboxylic acids is 1. The highest BCUT2D eigenvalue weighted by Crippen LogP contribution is 2.27. The van der Waals surface area contributed by atoms with Crippen LogP contribution in [0.1, 0.15) is 20.8 Å². The number of fused-ring (bicyclic) bond motifs is 1. The summed E-state index contributed by atoms with van der Waals surface area (Å²) in [4.78, 5) is 21.0. The molecule has 2 heterocycles. The number of aromatic nitrogens is 3. The second-order valence-corrected chi connectivity index (χ2v) is 5.99. The van der Waals surface area contributed by atoms with Crippen molar-refractivity contribution in [2.24, 2.45) is 0 Å². The number of rotatable bonds is 1. The molecule has 0 saturated heterocycles. The van der Waals surface area contributed by atoms with Crippen LogP contribution in [0, 0.1) is 0 Å². The minimum Gasteiger partial charge on any atom is -0.443 e. The average Bonchev–Trinajstić information content (AvgIpc) is 2.86. The van der Waals surface area contributed by atoms with Gasteiger partial charge in [-0.25, -0.2) is 9.36 Å². The van der Waals surface area contributed by atoms with Crippen LogP contribution >= 0.6 is 0 Å². The molecule has 5 nitrogen and oxygen atoms in total. The molecule has 5 heteroatoms. The molecule has 0 saturated carbocycles. The van der Waals surface area contributed by atoms with E-state index in [-0.39, 0.29) is 0 Å². The van der Waals surface area contributed by atoms with Crippen LogP contribution in [-0.2, 0) is 4.74 Å². The predicted molar refractivity (Wildman–Crippen MR) is 84.6 cm³/mol. The summed E-state index contributed by atoms with van der Waals surface area (Å²) >= 11 is 0. The Bertz CT molecular complexity index is 817. The molecular weight excluding hydrogens is 278 g/mol. The Labute approximate surface area is 128 Å². The Morgan fingerprint density at radius 2 is 1.95 bits per heavy atom. The lowest BCUT2D eigenvalue weighted by Crippen LogP contribution is -2.27. The molecule has 0 bridgehead atoms. The van der Waals surface area contributed by atoms with Crippen molar-refractivity contribution < 1.29 is 9.53 Å². The lowest BCUT2D eigenvalue weighted by molar-refractivity contribution is 0.0547. The molecule has 1 aromatic carbocycles. The zero-order chi connectivity index (χ0) is 15.7. The first-order valence-electron chi connectivity index (χ1n) is 7.06. The van der Waals surface area contributed by atoms with Crippen LogP contribution in [0.2, 0.25) is 0 Å². The lowest BCUT2D eigenvalue weighted by atomic mass is 10.2. The molecule has 3 rings (SSSR count). The largest absolute Gasteiger partial charge is 0.443 e. The van der Waals surface area contributed by atoms with Crippen LogP contribution in [0.4, 0.5) is 4.79 Å². The SMILES string of the molecule is CC(C)(C)OC(=O)n1c(-c2cnccn2)cc2ccccc21. The summed E-state index contributed by atoms with van der Waals surface area (Å²) < 4.78 is 7.07. The van der Waals surface area contributed by atoms with Crippen LogP contribution in [0.25, 0.3) is 22.3 Å². The van der Waals surface area contributed by atoms with Gasteiger partial charge in [-0.3, -0.25) is 9.97 Å². The molecule has 0 aliphatic carbocycles. The Morgan fingerprint density at radius 3 is 2.64 bits per heavy atom. The highest BCUT2D eigenvalue weighted by Gasteiger charge is 2.23. The maximum atomic E-state index is 12.6. The summed E-state index contributed by atoms with van der Waals surface area (Å²) in [6, 6.07) is 9.59. The summed E-state index contributed by atoms with van der Waals surface area (Å²) in [6.07, 6.45) is 4.42. The van der Waals surface area contributed by atoms with Gasteiger partial charge in [0.1, 0.15) is 11.3 Å². The first-order chi connectivity index (χ1) is 10.5. The van der Waals surface area contributed by atoms with Gasteiger partial charge in [-0.15, -0.1) is 0 Å². The van der Waals surface area contributed by atoms with Gasteiger partial charge in [0.15, 0.2) is 0 Å². The number of ether oxygens (including phenoxy) is 1. The van der Waals surface area contributed by atoms with Crippen LogP contribution in [0.5, 0.6) is 0 Å². The quantitative estimate of drug-likeness (QED) is 0.683. The molecule has 0 aliphatic rings. The van der Waals surface area contributed by atoms with Gasteiger partial charge in [-0.2, -0.15) is 0 Å². The molecular formula is C17H17N3O2. The summed E-state index contributed by atoms with van der Waals surface area (Å²) in [6.45, 7) is 5.54. The summed E-state index contributed by atoms with van der Waals surface area (Å²) in [7, 11) is 0. The number of hydrogen-bond donors (Lipinski definition) is 0. The van der Waals surface area contributed by atoms with Crippen molar-refractivity contribution in [1.29, 1.82) is 0 Å². The van der Waals surface area contributed by atoms with Gasteiger partial charge in [0.25, 0.3) is 0 Å². The van der Waals surface area contributed by atoms with Crippen LogP contribution in [-0.4, -0.2) is 26.2 Å². The molecule has 0 radical (unpaired) electrons. The summed E-state index contributed by atoms with van der Waals surface area (Å²) in [5.74, 6) is 0. The third kappa shape index (κ3) is 2.70. The van der Waals surface area contributed by atoms with E-state index in [1.165, 1.54) is 0 Å². The Balaban J connectivity index is 2.20. The third-order valence-corrected chi connectivity index (χ3v) is 3.11. The second kappa shape index (κ2) is 5.26. The van der Waals surface area contributed by atoms with Gasteiger partial charge < -0.3 is 4.74 Å². The normalized spacial score (nSPS) is 11.6. The molecule has 112 valence electrons. The van der Waals surface area contributed by atoms with E-state index in [1.807, 2.05) is 51.1 Å². The summed E-state index contributed by atoms with van der Waals surface area (Å²) in [5, 5.41) is 0.953. The Morgan fingerprint density at radius 1 is 1.18 bits per heavy atom. The van der Waals surface area contributed by atoms with E-state index in [4.69, 9.17) is 4.74 Å². The van der Waals surface area contributed by atoms with Crippen molar-refractivity contribution in [1.82, 2.24) is 14.5 Å². The van der Waals surface area contributed by atoms with E-state index in [0.29, 0.717) is 11.4 Å². The number of para-hydroxylation sites is 1. The fourth-order valence-corrected chi connectivity index (χ4v) is 2.28. The minimum atomic E-state index is -0.567. The summed E-state index contributed by atoms with van der Waals surface area (Å²) in [5.41, 5.74) is 1.52. The standard InChI is InChI=1S/C17H17N3O2/c1-17(2,3)22-16(21)20-14-7-5-4-6-12(14)10-15(20)13-11-18-8-9-19-13/h4-11H,1-3H3.